The van der Waals surface area contributed by atoms with Gasteiger partial charge in [0.15, 0.2) is 17.2 Å². The smallest absolute Gasteiger partial charge is 0.355 e. The normalized spacial score (nSPS) is 11.7. The summed E-state index contributed by atoms with van der Waals surface area (Å²) in [6.45, 7) is 0.979. The van der Waals surface area contributed by atoms with Crippen LogP contribution in [0.1, 0.15) is 23.0 Å². The Labute approximate surface area is 175 Å². The van der Waals surface area contributed by atoms with E-state index in [1.54, 1.807) is 0 Å². The van der Waals surface area contributed by atoms with Crippen LogP contribution in [0, 0.1) is 17.5 Å². The second-order valence-electron chi connectivity index (χ2n) is 6.66. The molecule has 2 aromatic carbocycles. The van der Waals surface area contributed by atoms with Crippen molar-refractivity contribution in [1.82, 2.24) is 14.9 Å². The summed E-state index contributed by atoms with van der Waals surface area (Å²) in [7, 11) is 0. The maximum absolute atomic E-state index is 14.3. The van der Waals surface area contributed by atoms with Crippen LogP contribution in [0.5, 0.6) is 0 Å². The molecule has 2 heterocycles. The second kappa shape index (κ2) is 7.66. The fraction of sp³-hybridized carbons (Fsp3) is 0.0952. The SMILES string of the molecule is CC(=O)c1c(-c2c(F)cccc2F)noc1-c1cnn(-c2ccccc2F)c1C(F)(F)F. The van der Waals surface area contributed by atoms with E-state index in [0.717, 1.165) is 37.3 Å². The molecular weight excluding hydrogens is 440 g/mol. The number of carbonyl (C=O) groups is 1. The summed E-state index contributed by atoms with van der Waals surface area (Å²) in [5, 5.41) is 7.09. The molecule has 0 fully saturated rings. The van der Waals surface area contributed by atoms with Crippen molar-refractivity contribution in [2.45, 2.75) is 13.1 Å². The molecule has 0 amide bonds. The first-order valence-electron chi connectivity index (χ1n) is 8.96. The highest BCUT2D eigenvalue weighted by Gasteiger charge is 2.42. The number of hydrogen-bond acceptors (Lipinski definition) is 4. The molecule has 0 aliphatic rings. The number of ketones is 1. The van der Waals surface area contributed by atoms with Gasteiger partial charge in [-0.3, -0.25) is 4.79 Å². The van der Waals surface area contributed by atoms with Crippen molar-refractivity contribution in [3.63, 3.8) is 0 Å². The van der Waals surface area contributed by atoms with Gasteiger partial charge in [-0.25, -0.2) is 17.9 Å². The number of hydrogen-bond donors (Lipinski definition) is 0. The standard InChI is InChI=1S/C21H11F6N3O2/c1-10(31)16-18(17-13(23)6-4-7-14(17)24)29-32-19(16)11-9-28-30(20(11)21(25,26)27)15-8-3-2-5-12(15)22/h2-9H,1H3. The van der Waals surface area contributed by atoms with Crippen LogP contribution in [0.4, 0.5) is 26.3 Å². The Morgan fingerprint density at radius 3 is 2.19 bits per heavy atom. The van der Waals surface area contributed by atoms with Gasteiger partial charge in [-0.05, 0) is 31.2 Å². The average molecular weight is 451 g/mol. The molecule has 5 nitrogen and oxygen atoms in total. The van der Waals surface area contributed by atoms with Crippen molar-refractivity contribution in [2.24, 2.45) is 0 Å². The molecule has 0 unspecified atom stereocenters. The van der Waals surface area contributed by atoms with Crippen LogP contribution >= 0.6 is 0 Å². The Bertz CT molecular complexity index is 1320. The molecule has 0 spiro atoms. The Morgan fingerprint density at radius 1 is 0.969 bits per heavy atom. The zero-order chi connectivity index (χ0) is 23.2. The summed E-state index contributed by atoms with van der Waals surface area (Å²) in [5.41, 5.74) is -4.62. The largest absolute Gasteiger partial charge is 0.434 e. The highest BCUT2D eigenvalue weighted by Crippen LogP contribution is 2.42. The maximum Gasteiger partial charge on any atom is 0.434 e. The molecule has 0 aliphatic carbocycles. The van der Waals surface area contributed by atoms with Crippen molar-refractivity contribution >= 4 is 5.78 Å². The molecule has 0 aliphatic heterocycles. The van der Waals surface area contributed by atoms with E-state index in [1.165, 1.54) is 12.1 Å². The molecule has 0 N–H and O–H groups in total. The van der Waals surface area contributed by atoms with Gasteiger partial charge in [-0.15, -0.1) is 0 Å². The number of benzene rings is 2. The van der Waals surface area contributed by atoms with Crippen LogP contribution in [-0.2, 0) is 6.18 Å². The minimum atomic E-state index is -5.07. The number of Topliss-reactive ketones (excluding diaryl/α,β-unsaturated/α-hetero) is 1. The highest BCUT2D eigenvalue weighted by atomic mass is 19.4. The van der Waals surface area contributed by atoms with Crippen LogP contribution in [0.15, 0.2) is 53.2 Å². The van der Waals surface area contributed by atoms with E-state index < -0.39 is 68.9 Å². The van der Waals surface area contributed by atoms with Crippen molar-refractivity contribution in [2.75, 3.05) is 0 Å². The van der Waals surface area contributed by atoms with Gasteiger partial charge >= 0.3 is 6.18 Å². The third kappa shape index (κ3) is 3.45. The monoisotopic (exact) mass is 451 g/mol. The fourth-order valence-corrected chi connectivity index (χ4v) is 3.29. The van der Waals surface area contributed by atoms with E-state index in [1.807, 2.05) is 0 Å². The summed E-state index contributed by atoms with van der Waals surface area (Å²) in [6.07, 6.45) is -4.36. The summed E-state index contributed by atoms with van der Waals surface area (Å²) in [5.74, 6) is -4.72. The van der Waals surface area contributed by atoms with Crippen molar-refractivity contribution in [1.29, 1.82) is 0 Å². The lowest BCUT2D eigenvalue weighted by atomic mass is 9.99. The fourth-order valence-electron chi connectivity index (χ4n) is 3.29. The molecule has 0 bridgehead atoms. The maximum atomic E-state index is 14.3. The predicted octanol–water partition coefficient (Wildman–Crippen LogP) is 5.83. The van der Waals surface area contributed by atoms with Gasteiger partial charge in [0.2, 0.25) is 0 Å². The van der Waals surface area contributed by atoms with Gasteiger partial charge in [0.1, 0.15) is 28.8 Å². The minimum Gasteiger partial charge on any atom is -0.355 e. The Hall–Kier alpha value is -3.89. The van der Waals surface area contributed by atoms with Crippen molar-refractivity contribution in [3.05, 3.63) is 77.4 Å². The molecule has 0 saturated carbocycles. The first kappa shape index (κ1) is 21.3. The van der Waals surface area contributed by atoms with Gasteiger partial charge in [0.05, 0.1) is 22.9 Å². The van der Waals surface area contributed by atoms with E-state index in [2.05, 4.69) is 10.3 Å². The van der Waals surface area contributed by atoms with E-state index in [0.29, 0.717) is 10.9 Å². The van der Waals surface area contributed by atoms with Gasteiger partial charge in [0, 0.05) is 0 Å². The van der Waals surface area contributed by atoms with Crippen molar-refractivity contribution < 1.29 is 35.7 Å². The molecule has 0 atom stereocenters. The first-order chi connectivity index (χ1) is 15.1. The summed E-state index contributed by atoms with van der Waals surface area (Å²) in [6, 6.07) is 7.49. The van der Waals surface area contributed by atoms with Crippen LogP contribution in [0.25, 0.3) is 28.3 Å². The predicted molar refractivity (Wildman–Crippen MR) is 99.4 cm³/mol. The first-order valence-corrected chi connectivity index (χ1v) is 8.96. The van der Waals surface area contributed by atoms with Gasteiger partial charge < -0.3 is 4.52 Å². The second-order valence-corrected chi connectivity index (χ2v) is 6.66. The molecule has 4 rings (SSSR count). The van der Waals surface area contributed by atoms with Crippen molar-refractivity contribution in [3.8, 4) is 28.3 Å². The van der Waals surface area contributed by atoms with E-state index in [4.69, 9.17) is 4.52 Å². The summed E-state index contributed by atoms with van der Waals surface area (Å²) < 4.78 is 89.9. The Balaban J connectivity index is 2.01. The van der Waals surface area contributed by atoms with Crippen LogP contribution in [0.2, 0.25) is 0 Å². The van der Waals surface area contributed by atoms with Crippen LogP contribution < -0.4 is 0 Å². The average Bonchev–Trinajstić information content (AvgIpc) is 3.32. The zero-order valence-corrected chi connectivity index (χ0v) is 16.0. The summed E-state index contributed by atoms with van der Waals surface area (Å²) >= 11 is 0. The lowest BCUT2D eigenvalue weighted by Crippen LogP contribution is -2.15. The zero-order valence-electron chi connectivity index (χ0n) is 16.0. The third-order valence-electron chi connectivity index (χ3n) is 4.61. The summed E-state index contributed by atoms with van der Waals surface area (Å²) in [4.78, 5) is 12.3. The Morgan fingerprint density at radius 2 is 1.59 bits per heavy atom. The molecule has 164 valence electrons. The number of para-hydroxylation sites is 1. The Kier molecular flexibility index (Phi) is 5.11. The number of rotatable bonds is 4. The van der Waals surface area contributed by atoms with Crippen LogP contribution in [0.3, 0.4) is 0 Å². The lowest BCUT2D eigenvalue weighted by Gasteiger charge is -2.12. The van der Waals surface area contributed by atoms with E-state index in [-0.39, 0.29) is 0 Å². The number of nitrogens with zero attached hydrogens (tertiary/aromatic N) is 3. The molecule has 2 aromatic heterocycles. The molecule has 11 heteroatoms. The molecule has 4 aromatic rings. The number of halogens is 6. The molecule has 32 heavy (non-hydrogen) atoms. The molecule has 0 saturated heterocycles. The van der Waals surface area contributed by atoms with Gasteiger partial charge in [-0.2, -0.15) is 18.3 Å². The van der Waals surface area contributed by atoms with Gasteiger partial charge in [0.25, 0.3) is 0 Å². The topological polar surface area (TPSA) is 60.9 Å². The number of carbonyl (C=O) groups excluding carboxylic acids is 1. The number of alkyl halides is 3. The number of aromatic nitrogens is 3. The lowest BCUT2D eigenvalue weighted by molar-refractivity contribution is -0.142. The molecule has 0 radical (unpaired) electrons. The van der Waals surface area contributed by atoms with E-state index >= 15 is 0 Å². The third-order valence-corrected chi connectivity index (χ3v) is 4.61. The quantitative estimate of drug-likeness (QED) is 0.289. The van der Waals surface area contributed by atoms with Crippen LogP contribution in [-0.4, -0.2) is 20.7 Å². The highest BCUT2D eigenvalue weighted by molar-refractivity contribution is 6.05. The van der Waals surface area contributed by atoms with Gasteiger partial charge in [-0.1, -0.05) is 23.4 Å². The molecular formula is C21H11F6N3O2. The van der Waals surface area contributed by atoms with E-state index in [9.17, 15) is 31.1 Å². The minimum absolute atomic E-state index is 0.306.